The number of aliphatic hydroxyl groups excluding tert-OH is 1. The third kappa shape index (κ3) is 3.29. The number of ether oxygens (including phenoxy) is 1. The topological polar surface area (TPSA) is 91.8 Å². The lowest BCUT2D eigenvalue weighted by molar-refractivity contribution is -0.136. The van der Waals surface area contributed by atoms with Crippen LogP contribution in [0, 0.1) is 5.82 Å². The minimum absolute atomic E-state index is 0.0610. The van der Waals surface area contributed by atoms with E-state index in [1.165, 1.54) is 18.1 Å². The van der Waals surface area contributed by atoms with Crippen LogP contribution in [-0.2, 0) is 14.3 Å². The van der Waals surface area contributed by atoms with E-state index in [2.05, 4.69) is 10.3 Å². The number of methoxy groups -OCH3 is 1. The van der Waals surface area contributed by atoms with Crippen molar-refractivity contribution in [1.82, 2.24) is 9.88 Å². The molecule has 1 aliphatic rings. The maximum atomic E-state index is 13.2. The summed E-state index contributed by atoms with van der Waals surface area (Å²) in [7, 11) is 1.24. The molecule has 0 bridgehead atoms. The highest BCUT2D eigenvalue weighted by molar-refractivity contribution is 6.08. The molecule has 2 aromatic rings. The van der Waals surface area contributed by atoms with Gasteiger partial charge in [-0.2, -0.15) is 0 Å². The van der Waals surface area contributed by atoms with E-state index in [1.807, 2.05) is 0 Å². The van der Waals surface area contributed by atoms with Crippen molar-refractivity contribution in [1.29, 1.82) is 0 Å². The number of nitrogens with zero attached hydrogens (tertiary/aromatic N) is 2. The second-order valence-corrected chi connectivity index (χ2v) is 5.48. The molecule has 1 amide bonds. The predicted octanol–water partition coefficient (Wildman–Crippen LogP) is 1.05. The van der Waals surface area contributed by atoms with Crippen LogP contribution in [0.25, 0.3) is 10.9 Å². The van der Waals surface area contributed by atoms with Crippen molar-refractivity contribution in [3.05, 3.63) is 47.5 Å². The maximum absolute atomic E-state index is 13.2. The van der Waals surface area contributed by atoms with E-state index in [0.29, 0.717) is 16.6 Å². The Bertz CT molecular complexity index is 881. The number of pyridine rings is 1. The predicted molar refractivity (Wildman–Crippen MR) is 88.0 cm³/mol. The Morgan fingerprint density at radius 3 is 2.96 bits per heavy atom. The summed E-state index contributed by atoms with van der Waals surface area (Å²) in [5, 5.41) is 12.6. The smallest absolute Gasteiger partial charge is 0.337 e. The number of halogens is 1. The molecular weight excluding hydrogens is 329 g/mol. The van der Waals surface area contributed by atoms with Crippen LogP contribution in [-0.4, -0.2) is 53.7 Å². The van der Waals surface area contributed by atoms with Crippen LogP contribution in [0.2, 0.25) is 0 Å². The number of hydrogen-bond acceptors (Lipinski definition) is 6. The first kappa shape index (κ1) is 16.8. The number of benzene rings is 1. The summed E-state index contributed by atoms with van der Waals surface area (Å²) in [6, 6.07) is 6.33. The monoisotopic (exact) mass is 345 g/mol. The molecule has 8 heteroatoms. The van der Waals surface area contributed by atoms with Crippen molar-refractivity contribution in [2.24, 2.45) is 0 Å². The lowest BCUT2D eigenvalue weighted by atomic mass is 10.2. The Labute approximate surface area is 142 Å². The van der Waals surface area contributed by atoms with Crippen LogP contribution in [0.5, 0.6) is 0 Å². The SMILES string of the molecule is COC(=O)C1=C(Nc2ccc3cc(F)cnc3c2)C(=O)N(CCO)C1. The number of esters is 1. The Hall–Kier alpha value is -3.00. The van der Waals surface area contributed by atoms with E-state index < -0.39 is 17.7 Å². The van der Waals surface area contributed by atoms with Crippen LogP contribution in [0.4, 0.5) is 10.1 Å². The van der Waals surface area contributed by atoms with E-state index in [0.717, 1.165) is 6.20 Å². The first-order chi connectivity index (χ1) is 12.0. The fourth-order valence-electron chi connectivity index (χ4n) is 2.67. The third-order valence-corrected chi connectivity index (χ3v) is 3.87. The highest BCUT2D eigenvalue weighted by Gasteiger charge is 2.34. The molecule has 130 valence electrons. The molecule has 7 nitrogen and oxygen atoms in total. The van der Waals surface area contributed by atoms with Gasteiger partial charge < -0.3 is 20.1 Å². The number of carbonyl (C=O) groups is 2. The van der Waals surface area contributed by atoms with Crippen molar-refractivity contribution in [2.75, 3.05) is 32.1 Å². The average Bonchev–Trinajstić information content (AvgIpc) is 2.91. The summed E-state index contributed by atoms with van der Waals surface area (Å²) in [6.07, 6.45) is 1.11. The summed E-state index contributed by atoms with van der Waals surface area (Å²) in [5.74, 6) is -1.45. The maximum Gasteiger partial charge on any atom is 0.337 e. The van der Waals surface area contributed by atoms with Crippen molar-refractivity contribution in [2.45, 2.75) is 0 Å². The molecule has 0 fully saturated rings. The molecule has 0 unspecified atom stereocenters. The number of carbonyl (C=O) groups excluding carboxylic acids is 2. The molecular formula is C17H16FN3O4. The highest BCUT2D eigenvalue weighted by Crippen LogP contribution is 2.24. The molecule has 0 saturated carbocycles. The van der Waals surface area contributed by atoms with Crippen LogP contribution >= 0.6 is 0 Å². The molecule has 25 heavy (non-hydrogen) atoms. The van der Waals surface area contributed by atoms with Crippen molar-refractivity contribution in [3.63, 3.8) is 0 Å². The fourth-order valence-corrected chi connectivity index (χ4v) is 2.67. The van der Waals surface area contributed by atoms with Gasteiger partial charge in [-0.05, 0) is 18.2 Å². The van der Waals surface area contributed by atoms with Crippen LogP contribution in [0.15, 0.2) is 41.7 Å². The van der Waals surface area contributed by atoms with E-state index >= 15 is 0 Å². The van der Waals surface area contributed by atoms with Crippen molar-refractivity contribution < 1.29 is 23.8 Å². The van der Waals surface area contributed by atoms with Crippen LogP contribution in [0.3, 0.4) is 0 Å². The van der Waals surface area contributed by atoms with Gasteiger partial charge in [0.25, 0.3) is 5.91 Å². The van der Waals surface area contributed by atoms with E-state index in [4.69, 9.17) is 9.84 Å². The van der Waals surface area contributed by atoms with Crippen LogP contribution in [0.1, 0.15) is 0 Å². The van der Waals surface area contributed by atoms with E-state index in [-0.39, 0.29) is 31.0 Å². The standard InChI is InChI=1S/C17H16FN3O4/c1-25-17(24)13-9-21(4-5-22)16(23)15(13)20-12-3-2-10-6-11(18)8-19-14(10)7-12/h2-3,6-8,20,22H,4-5,9H2,1H3. The van der Waals surface area contributed by atoms with E-state index in [1.54, 1.807) is 18.2 Å². The van der Waals surface area contributed by atoms with E-state index in [9.17, 15) is 14.0 Å². The molecule has 2 heterocycles. The van der Waals surface area contributed by atoms with Gasteiger partial charge in [-0.25, -0.2) is 9.18 Å². The number of hydrogen-bond donors (Lipinski definition) is 2. The normalized spacial score (nSPS) is 14.4. The van der Waals surface area contributed by atoms with Gasteiger partial charge in [-0.3, -0.25) is 9.78 Å². The van der Waals surface area contributed by atoms with Gasteiger partial charge >= 0.3 is 5.97 Å². The number of nitrogens with one attached hydrogen (secondary N) is 1. The minimum Gasteiger partial charge on any atom is -0.466 e. The number of fused-ring (bicyclic) bond motifs is 1. The average molecular weight is 345 g/mol. The second-order valence-electron chi connectivity index (χ2n) is 5.48. The molecule has 3 rings (SSSR count). The number of rotatable bonds is 5. The quantitative estimate of drug-likeness (QED) is 0.787. The summed E-state index contributed by atoms with van der Waals surface area (Å²) in [4.78, 5) is 29.8. The number of aromatic nitrogens is 1. The minimum atomic E-state index is -0.614. The van der Waals surface area contributed by atoms with Crippen molar-refractivity contribution in [3.8, 4) is 0 Å². The van der Waals surface area contributed by atoms with Gasteiger partial charge in [-0.1, -0.05) is 6.07 Å². The summed E-state index contributed by atoms with van der Waals surface area (Å²) in [5.41, 5.74) is 1.36. The highest BCUT2D eigenvalue weighted by atomic mass is 19.1. The lowest BCUT2D eigenvalue weighted by Gasteiger charge is -2.15. The second kappa shape index (κ2) is 6.86. The zero-order chi connectivity index (χ0) is 18.0. The van der Waals surface area contributed by atoms with Gasteiger partial charge in [-0.15, -0.1) is 0 Å². The molecule has 2 N–H and O–H groups in total. The molecule has 1 aliphatic heterocycles. The molecule has 1 aromatic carbocycles. The lowest BCUT2D eigenvalue weighted by Crippen LogP contribution is -2.31. The Balaban J connectivity index is 1.94. The first-order valence-corrected chi connectivity index (χ1v) is 7.57. The van der Waals surface area contributed by atoms with Gasteiger partial charge in [0.05, 0.1) is 37.5 Å². The first-order valence-electron chi connectivity index (χ1n) is 7.57. The molecule has 0 atom stereocenters. The molecule has 0 spiro atoms. The summed E-state index contributed by atoms with van der Waals surface area (Å²) < 4.78 is 17.9. The molecule has 0 saturated heterocycles. The molecule has 0 radical (unpaired) electrons. The zero-order valence-corrected chi connectivity index (χ0v) is 13.5. The molecule has 0 aliphatic carbocycles. The van der Waals surface area contributed by atoms with Gasteiger partial charge in [0.2, 0.25) is 0 Å². The number of amides is 1. The number of β-amino-alcohol motifs (C(OH)–C–C–N with tert-alkyl or cyclic N) is 1. The fraction of sp³-hybridized carbons (Fsp3) is 0.235. The van der Waals surface area contributed by atoms with Crippen molar-refractivity contribution >= 4 is 28.5 Å². The Morgan fingerprint density at radius 2 is 2.24 bits per heavy atom. The molecule has 1 aromatic heterocycles. The van der Waals surface area contributed by atoms with Gasteiger partial charge in [0.15, 0.2) is 0 Å². The van der Waals surface area contributed by atoms with Gasteiger partial charge in [0.1, 0.15) is 11.5 Å². The Kier molecular flexibility index (Phi) is 4.62. The summed E-state index contributed by atoms with van der Waals surface area (Å²) in [6.45, 7) is -0.0343. The largest absolute Gasteiger partial charge is 0.466 e. The number of aliphatic hydroxyl groups is 1. The van der Waals surface area contributed by atoms with Crippen LogP contribution < -0.4 is 5.32 Å². The summed E-state index contributed by atoms with van der Waals surface area (Å²) >= 11 is 0. The number of anilines is 1. The third-order valence-electron chi connectivity index (χ3n) is 3.87. The van der Waals surface area contributed by atoms with Gasteiger partial charge in [0, 0.05) is 17.6 Å². The zero-order valence-electron chi connectivity index (χ0n) is 13.5. The Morgan fingerprint density at radius 1 is 1.44 bits per heavy atom.